The van der Waals surface area contributed by atoms with E-state index in [2.05, 4.69) is 11.2 Å². The summed E-state index contributed by atoms with van der Waals surface area (Å²) < 4.78 is 5.30. The molecule has 1 rings (SSSR count). The minimum atomic E-state index is -1.16. The zero-order chi connectivity index (χ0) is 15.7. The van der Waals surface area contributed by atoms with Crippen LogP contribution in [0.2, 0.25) is 0 Å². The predicted octanol–water partition coefficient (Wildman–Crippen LogP) is 1.69. The third-order valence-electron chi connectivity index (χ3n) is 2.55. The lowest BCUT2D eigenvalue weighted by atomic mass is 10.2. The molecule has 0 aromatic heterocycles. The molecule has 1 amide bonds. The van der Waals surface area contributed by atoms with Crippen molar-refractivity contribution in [1.82, 2.24) is 5.32 Å². The molecule has 2 N–H and O–H groups in total. The highest BCUT2D eigenvalue weighted by Gasteiger charge is 2.17. The number of rotatable bonds is 7. The van der Waals surface area contributed by atoms with Gasteiger partial charge in [-0.1, -0.05) is 12.1 Å². The summed E-state index contributed by atoms with van der Waals surface area (Å²) >= 11 is 0. The van der Waals surface area contributed by atoms with E-state index in [0.717, 1.165) is 11.3 Å². The molecule has 5 heteroatoms. The van der Waals surface area contributed by atoms with Crippen molar-refractivity contribution >= 4 is 18.0 Å². The SMILES string of the molecule is C#CCC(NC(=O)/C=C/c1ccc(OCC)cc1)C(=O)O. The molecule has 0 radical (unpaired) electrons. The van der Waals surface area contributed by atoms with Crippen LogP contribution in [0.3, 0.4) is 0 Å². The van der Waals surface area contributed by atoms with E-state index in [1.54, 1.807) is 30.3 Å². The fourth-order valence-corrected chi connectivity index (χ4v) is 1.55. The molecule has 1 aromatic rings. The Morgan fingerprint density at radius 3 is 2.62 bits per heavy atom. The van der Waals surface area contributed by atoms with Crippen molar-refractivity contribution in [2.45, 2.75) is 19.4 Å². The van der Waals surface area contributed by atoms with Crippen molar-refractivity contribution in [2.75, 3.05) is 6.61 Å². The Kier molecular flexibility index (Phi) is 6.55. The fourth-order valence-electron chi connectivity index (χ4n) is 1.55. The van der Waals surface area contributed by atoms with E-state index in [4.69, 9.17) is 16.3 Å². The Balaban J connectivity index is 2.61. The van der Waals surface area contributed by atoms with Gasteiger partial charge in [0, 0.05) is 12.5 Å². The first-order chi connectivity index (χ1) is 10.1. The molecule has 0 aliphatic carbocycles. The van der Waals surface area contributed by atoms with E-state index in [1.165, 1.54) is 6.08 Å². The molecule has 21 heavy (non-hydrogen) atoms. The van der Waals surface area contributed by atoms with Gasteiger partial charge >= 0.3 is 5.97 Å². The molecule has 1 aromatic carbocycles. The van der Waals surface area contributed by atoms with Crippen molar-refractivity contribution in [3.05, 3.63) is 35.9 Å². The van der Waals surface area contributed by atoms with Crippen molar-refractivity contribution in [1.29, 1.82) is 0 Å². The number of amides is 1. The number of ether oxygens (including phenoxy) is 1. The number of hydrogen-bond donors (Lipinski definition) is 2. The Morgan fingerprint density at radius 2 is 2.10 bits per heavy atom. The summed E-state index contributed by atoms with van der Waals surface area (Å²) in [5.74, 6) is 1.30. The summed E-state index contributed by atoms with van der Waals surface area (Å²) in [5.41, 5.74) is 0.803. The normalized spacial score (nSPS) is 11.6. The Hall–Kier alpha value is -2.74. The van der Waals surface area contributed by atoms with Gasteiger partial charge in [0.1, 0.15) is 11.8 Å². The van der Waals surface area contributed by atoms with Gasteiger partial charge in [-0.2, -0.15) is 0 Å². The maximum absolute atomic E-state index is 11.6. The van der Waals surface area contributed by atoms with Crippen molar-refractivity contribution in [2.24, 2.45) is 0 Å². The zero-order valence-corrected chi connectivity index (χ0v) is 11.7. The van der Waals surface area contributed by atoms with Crippen molar-refractivity contribution < 1.29 is 19.4 Å². The molecule has 110 valence electrons. The standard InChI is InChI=1S/C16H17NO4/c1-3-5-14(16(19)20)17-15(18)11-8-12-6-9-13(10-7-12)21-4-2/h1,6-11,14H,4-5H2,2H3,(H,17,18)(H,19,20)/b11-8+. The van der Waals surface area contributed by atoms with Crippen molar-refractivity contribution in [3.8, 4) is 18.1 Å². The summed E-state index contributed by atoms with van der Waals surface area (Å²) in [5, 5.41) is 11.2. The topological polar surface area (TPSA) is 75.6 Å². The van der Waals surface area contributed by atoms with Crippen LogP contribution in [-0.4, -0.2) is 29.6 Å². The number of hydrogen-bond acceptors (Lipinski definition) is 3. The second-order valence-corrected chi connectivity index (χ2v) is 4.14. The van der Waals surface area contributed by atoms with E-state index in [9.17, 15) is 9.59 Å². The maximum Gasteiger partial charge on any atom is 0.327 e. The van der Waals surface area contributed by atoms with Crippen LogP contribution in [-0.2, 0) is 9.59 Å². The van der Waals surface area contributed by atoms with Gasteiger partial charge in [-0.25, -0.2) is 4.79 Å². The molecule has 0 saturated heterocycles. The first-order valence-electron chi connectivity index (χ1n) is 6.44. The van der Waals surface area contributed by atoms with Gasteiger partial charge in [-0.15, -0.1) is 12.3 Å². The Morgan fingerprint density at radius 1 is 1.43 bits per heavy atom. The van der Waals surface area contributed by atoms with Gasteiger partial charge in [0.25, 0.3) is 0 Å². The minimum Gasteiger partial charge on any atom is -0.494 e. The second kappa shape index (κ2) is 8.43. The van der Waals surface area contributed by atoms with Gasteiger partial charge in [-0.05, 0) is 30.7 Å². The average Bonchev–Trinajstić information content (AvgIpc) is 2.46. The largest absolute Gasteiger partial charge is 0.494 e. The number of terminal acetylenes is 1. The highest BCUT2D eigenvalue weighted by Crippen LogP contribution is 2.12. The van der Waals surface area contributed by atoms with E-state index >= 15 is 0 Å². The molecular weight excluding hydrogens is 270 g/mol. The zero-order valence-electron chi connectivity index (χ0n) is 11.7. The van der Waals surface area contributed by atoms with Gasteiger partial charge < -0.3 is 15.2 Å². The third kappa shape index (κ3) is 5.83. The Labute approximate surface area is 123 Å². The van der Waals surface area contributed by atoms with Crippen LogP contribution in [0.1, 0.15) is 18.9 Å². The van der Waals surface area contributed by atoms with Crippen LogP contribution in [0.25, 0.3) is 6.08 Å². The van der Waals surface area contributed by atoms with Crippen LogP contribution >= 0.6 is 0 Å². The van der Waals surface area contributed by atoms with Gasteiger partial charge in [0.15, 0.2) is 0 Å². The maximum atomic E-state index is 11.6. The van der Waals surface area contributed by atoms with Crippen LogP contribution in [0.4, 0.5) is 0 Å². The molecule has 0 aliphatic heterocycles. The average molecular weight is 287 g/mol. The van der Waals surface area contributed by atoms with Gasteiger partial charge in [0.2, 0.25) is 5.91 Å². The predicted molar refractivity (Wildman–Crippen MR) is 79.7 cm³/mol. The molecule has 0 saturated carbocycles. The number of carboxylic acids is 1. The van der Waals surface area contributed by atoms with E-state index in [0.29, 0.717) is 6.61 Å². The minimum absolute atomic E-state index is 0.0576. The number of nitrogens with one attached hydrogen (secondary N) is 1. The monoisotopic (exact) mass is 287 g/mol. The molecule has 0 heterocycles. The van der Waals surface area contributed by atoms with Crippen LogP contribution in [0.15, 0.2) is 30.3 Å². The second-order valence-electron chi connectivity index (χ2n) is 4.14. The highest BCUT2D eigenvalue weighted by atomic mass is 16.5. The summed E-state index contributed by atoms with van der Waals surface area (Å²) in [7, 11) is 0. The smallest absolute Gasteiger partial charge is 0.327 e. The summed E-state index contributed by atoms with van der Waals surface area (Å²) in [6, 6.07) is 6.10. The lowest BCUT2D eigenvalue weighted by Crippen LogP contribution is -2.39. The molecule has 0 spiro atoms. The van der Waals surface area contributed by atoms with Crippen LogP contribution in [0, 0.1) is 12.3 Å². The van der Waals surface area contributed by atoms with Gasteiger partial charge in [0.05, 0.1) is 6.61 Å². The quantitative estimate of drug-likeness (QED) is 0.591. The number of carboxylic acid groups (broad SMARTS) is 1. The first kappa shape index (κ1) is 16.3. The molecule has 0 aliphatic rings. The van der Waals surface area contributed by atoms with Gasteiger partial charge in [-0.3, -0.25) is 4.79 Å². The van der Waals surface area contributed by atoms with E-state index in [-0.39, 0.29) is 6.42 Å². The first-order valence-corrected chi connectivity index (χ1v) is 6.44. The van der Waals surface area contributed by atoms with Crippen LogP contribution < -0.4 is 10.1 Å². The van der Waals surface area contributed by atoms with E-state index < -0.39 is 17.9 Å². The molecule has 5 nitrogen and oxygen atoms in total. The van der Waals surface area contributed by atoms with Crippen molar-refractivity contribution in [3.63, 3.8) is 0 Å². The molecule has 1 unspecified atom stereocenters. The van der Waals surface area contributed by atoms with E-state index in [1.807, 2.05) is 6.92 Å². The summed E-state index contributed by atoms with van der Waals surface area (Å²) in [6.45, 7) is 2.48. The third-order valence-corrected chi connectivity index (χ3v) is 2.55. The highest BCUT2D eigenvalue weighted by molar-refractivity contribution is 5.94. The molecule has 1 atom stereocenters. The molecular formula is C16H17NO4. The fraction of sp³-hybridized carbons (Fsp3) is 0.250. The number of carbonyl (C=O) groups excluding carboxylic acids is 1. The number of carbonyl (C=O) groups is 2. The lowest BCUT2D eigenvalue weighted by molar-refractivity contribution is -0.141. The molecule has 0 fully saturated rings. The summed E-state index contributed by atoms with van der Waals surface area (Å²) in [6.07, 6.45) is 7.84. The summed E-state index contributed by atoms with van der Waals surface area (Å²) in [4.78, 5) is 22.5. The number of benzene rings is 1. The lowest BCUT2D eigenvalue weighted by Gasteiger charge is -2.09. The number of aliphatic carboxylic acids is 1. The van der Waals surface area contributed by atoms with Crippen LogP contribution in [0.5, 0.6) is 5.75 Å². The molecule has 0 bridgehead atoms. The Bertz CT molecular complexity index is 555.